The smallest absolute Gasteiger partial charge is 1.00 e. The van der Waals surface area contributed by atoms with E-state index in [1.54, 1.807) is 22.3 Å². The van der Waals surface area contributed by atoms with Crippen LogP contribution in [0.3, 0.4) is 0 Å². The Morgan fingerprint density at radius 1 is 0.800 bits per heavy atom. The monoisotopic (exact) mass is 363 g/mol. The van der Waals surface area contributed by atoms with Crippen molar-refractivity contribution in [3.05, 3.63) is 42.2 Å². The maximum atomic E-state index is 2.58. The first-order valence-corrected chi connectivity index (χ1v) is 14.2. The molecule has 0 bridgehead atoms. The average Bonchev–Trinajstić information content (AvgIpc) is 2.71. The molecule has 0 N–H and O–H groups in total. The van der Waals surface area contributed by atoms with Gasteiger partial charge in [0.25, 0.3) is 0 Å². The molecule has 0 aliphatic heterocycles. The van der Waals surface area contributed by atoms with E-state index in [9.17, 15) is 0 Å². The van der Waals surface area contributed by atoms with E-state index in [0.29, 0.717) is 0 Å². The van der Waals surface area contributed by atoms with Crippen LogP contribution < -0.4 is 24.8 Å². The molecule has 2 rings (SSSR count). The topological polar surface area (TPSA) is 0 Å². The number of allylic oxidation sites excluding steroid dienone is 8. The van der Waals surface area contributed by atoms with Gasteiger partial charge in [-0.25, -0.2) is 0 Å². The van der Waals surface area contributed by atoms with Gasteiger partial charge in [-0.1, -0.05) is 0 Å². The van der Waals surface area contributed by atoms with Crippen molar-refractivity contribution in [2.75, 3.05) is 0 Å². The summed E-state index contributed by atoms with van der Waals surface area (Å²) in [7, 11) is 0. The standard InChI is InChI=1S/2C7H9.C2H7Si.2ClH.Ti/c2*1-6-3-4-7(2)5-6;1-3-2;;;/h2*5H,3H2,1-2H3;3H,1-2H3;2*1H;/q;;;;;+2/p-2. The van der Waals surface area contributed by atoms with Gasteiger partial charge in [-0.2, -0.15) is 0 Å². The second-order valence-electron chi connectivity index (χ2n) is 6.23. The van der Waals surface area contributed by atoms with Crippen LogP contribution in [-0.4, -0.2) is 6.66 Å². The van der Waals surface area contributed by atoms with E-state index < -0.39 is 23.8 Å². The quantitative estimate of drug-likeness (QED) is 0.555. The van der Waals surface area contributed by atoms with Gasteiger partial charge in [-0.15, -0.1) is 0 Å². The summed E-state index contributed by atoms with van der Waals surface area (Å²) in [6.45, 7) is 13.9. The van der Waals surface area contributed by atoms with Crippen molar-refractivity contribution in [1.29, 1.82) is 0 Å². The van der Waals surface area contributed by atoms with Crippen molar-refractivity contribution < 1.29 is 41.9 Å². The molecule has 0 unspecified atom stereocenters. The van der Waals surface area contributed by atoms with E-state index in [0.717, 1.165) is 0 Å². The van der Waals surface area contributed by atoms with Crippen molar-refractivity contribution in [3.8, 4) is 0 Å². The summed E-state index contributed by atoms with van der Waals surface area (Å²) in [5.41, 5.74) is 6.41. The minimum Gasteiger partial charge on any atom is -1.00 e. The zero-order valence-electron chi connectivity index (χ0n) is 13.4. The second kappa shape index (κ2) is 8.20. The van der Waals surface area contributed by atoms with Crippen LogP contribution >= 0.6 is 0 Å². The summed E-state index contributed by atoms with van der Waals surface area (Å²) in [6, 6.07) is 0. The Hall–Kier alpha value is 0.471. The first-order chi connectivity index (χ1) is 8.40. The molecule has 0 spiro atoms. The molecule has 2 aliphatic carbocycles. The largest absolute Gasteiger partial charge is 1.00 e. The fourth-order valence-electron chi connectivity index (χ4n) is 3.35. The summed E-state index contributed by atoms with van der Waals surface area (Å²) in [5, 5.41) is 0. The Morgan fingerprint density at radius 3 is 1.35 bits per heavy atom. The van der Waals surface area contributed by atoms with Gasteiger partial charge in [-0.3, -0.25) is 0 Å². The Bertz CT molecular complexity index is 457. The number of hydrogen-bond acceptors (Lipinski definition) is 0. The van der Waals surface area contributed by atoms with Crippen LogP contribution in [0.2, 0.25) is 13.1 Å². The Kier molecular flexibility index (Phi) is 8.39. The number of halogens is 2. The molecule has 0 nitrogen and oxygen atoms in total. The normalized spacial score (nSPS) is 17.9. The molecule has 2 aliphatic rings. The number of rotatable bonds is 3. The van der Waals surface area contributed by atoms with E-state index in [1.165, 1.54) is 12.8 Å². The summed E-state index contributed by atoms with van der Waals surface area (Å²) in [4.78, 5) is 0. The van der Waals surface area contributed by atoms with Gasteiger partial charge in [0, 0.05) is 0 Å². The molecule has 0 heterocycles. The summed E-state index contributed by atoms with van der Waals surface area (Å²) >= 11 is -1.13. The maximum absolute atomic E-state index is 2.58. The molecule has 20 heavy (non-hydrogen) atoms. The molecule has 0 atom stereocenters. The van der Waals surface area contributed by atoms with Crippen LogP contribution in [-0.2, 0) is 17.1 Å². The van der Waals surface area contributed by atoms with Crippen LogP contribution in [0, 0.1) is 0 Å². The molecule has 4 heteroatoms. The van der Waals surface area contributed by atoms with Crippen LogP contribution in [0.5, 0.6) is 0 Å². The second-order valence-corrected chi connectivity index (χ2v) is 19.5. The van der Waals surface area contributed by atoms with Gasteiger partial charge >= 0.3 is 120 Å². The van der Waals surface area contributed by atoms with E-state index in [1.807, 2.05) is 7.76 Å². The summed E-state index contributed by atoms with van der Waals surface area (Å²) < 4.78 is 3.79. The van der Waals surface area contributed by atoms with Crippen molar-refractivity contribution in [2.24, 2.45) is 0 Å². The molecule has 111 valence electrons. The van der Waals surface area contributed by atoms with Crippen LogP contribution in [0.4, 0.5) is 0 Å². The van der Waals surface area contributed by atoms with Crippen LogP contribution in [0.15, 0.2) is 42.2 Å². The molecule has 0 saturated heterocycles. The van der Waals surface area contributed by atoms with Crippen molar-refractivity contribution in [3.63, 3.8) is 0 Å². The third-order valence-electron chi connectivity index (χ3n) is 4.02. The molecule has 0 fully saturated rings. The van der Waals surface area contributed by atoms with Gasteiger partial charge in [-0.05, 0) is 0 Å². The Balaban J connectivity index is 0.00000180. The fraction of sp³-hybridized carbons (Fsp3) is 0.500. The third-order valence-corrected chi connectivity index (χ3v) is 17.3. The van der Waals surface area contributed by atoms with Crippen molar-refractivity contribution in [1.82, 2.24) is 0 Å². The summed E-state index contributed by atoms with van der Waals surface area (Å²) in [6.07, 6.45) is 7.46. The Labute approximate surface area is 143 Å². The zero-order chi connectivity index (χ0) is 13.4. The SMILES string of the molecule is CC1=CC(C)=[C]([Ti+2]([C]2=C(C)C=C(C)C2)[SiH](C)C)C1.[Cl-].[Cl-]. The molecule has 0 aromatic heterocycles. The molecular formula is C16H25Cl2SiTi. The predicted molar refractivity (Wildman–Crippen MR) is 81.0 cm³/mol. The average molecular weight is 364 g/mol. The van der Waals surface area contributed by atoms with Gasteiger partial charge in [0.1, 0.15) is 0 Å². The summed E-state index contributed by atoms with van der Waals surface area (Å²) in [5.74, 6) is 0. The van der Waals surface area contributed by atoms with E-state index in [4.69, 9.17) is 0 Å². The first kappa shape index (κ1) is 20.5. The zero-order valence-corrected chi connectivity index (χ0v) is 17.6. The minimum atomic E-state index is -1.13. The van der Waals surface area contributed by atoms with Crippen LogP contribution in [0.25, 0.3) is 0 Å². The van der Waals surface area contributed by atoms with E-state index >= 15 is 0 Å². The third kappa shape index (κ3) is 4.24. The van der Waals surface area contributed by atoms with Crippen molar-refractivity contribution in [2.45, 2.75) is 53.6 Å². The molecule has 0 aromatic carbocycles. The molecule has 0 amide bonds. The van der Waals surface area contributed by atoms with Crippen LogP contribution in [0.1, 0.15) is 40.5 Å². The predicted octanol–water partition coefficient (Wildman–Crippen LogP) is -1.16. The maximum Gasteiger partial charge on any atom is -1.00 e. The van der Waals surface area contributed by atoms with E-state index in [2.05, 4.69) is 52.9 Å². The van der Waals surface area contributed by atoms with Gasteiger partial charge in [0.05, 0.1) is 0 Å². The fourth-order valence-corrected chi connectivity index (χ4v) is 17.6. The van der Waals surface area contributed by atoms with Crippen molar-refractivity contribution >= 4 is 6.66 Å². The minimum absolute atomic E-state index is 0. The molecule has 0 radical (unpaired) electrons. The van der Waals surface area contributed by atoms with Gasteiger partial charge in [0.2, 0.25) is 0 Å². The van der Waals surface area contributed by atoms with Gasteiger partial charge in [0.15, 0.2) is 0 Å². The molecule has 0 aromatic rings. The first-order valence-electron chi connectivity index (χ1n) is 7.01. The molecule has 0 saturated carbocycles. The Morgan fingerprint density at radius 2 is 1.15 bits per heavy atom. The van der Waals surface area contributed by atoms with Gasteiger partial charge < -0.3 is 24.8 Å². The molecular weight excluding hydrogens is 339 g/mol. The van der Waals surface area contributed by atoms with E-state index in [-0.39, 0.29) is 24.8 Å². The number of hydrogen-bond donors (Lipinski definition) is 0.